The highest BCUT2D eigenvalue weighted by Crippen LogP contribution is 2.39. The van der Waals surface area contributed by atoms with Crippen molar-refractivity contribution < 1.29 is 19.1 Å². The van der Waals surface area contributed by atoms with Gasteiger partial charge < -0.3 is 24.3 Å². The van der Waals surface area contributed by atoms with Crippen molar-refractivity contribution in [2.75, 3.05) is 46.0 Å². The zero-order chi connectivity index (χ0) is 21.3. The number of ether oxygens (including phenoxy) is 2. The molecule has 31 heavy (non-hydrogen) atoms. The molecule has 2 amide bonds. The predicted octanol–water partition coefficient (Wildman–Crippen LogP) is 2.82. The minimum absolute atomic E-state index is 0.0844. The van der Waals surface area contributed by atoms with E-state index in [0.717, 1.165) is 42.1 Å². The van der Waals surface area contributed by atoms with Gasteiger partial charge in [-0.05, 0) is 55.2 Å². The summed E-state index contributed by atoms with van der Waals surface area (Å²) in [5, 5.41) is 1.11. The molecule has 0 bridgehead atoms. The van der Waals surface area contributed by atoms with E-state index in [1.54, 1.807) is 0 Å². The summed E-state index contributed by atoms with van der Waals surface area (Å²) in [5.74, 6) is 0.695. The van der Waals surface area contributed by atoms with E-state index in [0.29, 0.717) is 58.3 Å². The zero-order valence-electron chi connectivity index (χ0n) is 18.0. The third-order valence-electron chi connectivity index (χ3n) is 7.19. The lowest BCUT2D eigenvalue weighted by atomic mass is 9.78. The predicted molar refractivity (Wildman–Crippen MR) is 117 cm³/mol. The molecule has 3 saturated heterocycles. The number of carbonyl (C=O) groups excluding carboxylic acids is 2. The van der Waals surface area contributed by atoms with Gasteiger partial charge in [-0.2, -0.15) is 0 Å². The van der Waals surface area contributed by atoms with Crippen LogP contribution in [0.5, 0.6) is 0 Å². The Kier molecular flexibility index (Phi) is 5.71. The van der Waals surface area contributed by atoms with Crippen molar-refractivity contribution in [3.63, 3.8) is 0 Å². The number of amides is 2. The van der Waals surface area contributed by atoms with Gasteiger partial charge in [0.15, 0.2) is 0 Å². The van der Waals surface area contributed by atoms with Crippen LogP contribution in [0.2, 0.25) is 0 Å². The van der Waals surface area contributed by atoms with E-state index < -0.39 is 0 Å². The van der Waals surface area contributed by atoms with Crippen LogP contribution in [0.15, 0.2) is 30.5 Å². The summed E-state index contributed by atoms with van der Waals surface area (Å²) in [5.41, 5.74) is 1.53. The maximum absolute atomic E-state index is 13.0. The molecule has 3 fully saturated rings. The molecule has 7 heteroatoms. The van der Waals surface area contributed by atoms with Gasteiger partial charge in [-0.3, -0.25) is 9.59 Å². The fourth-order valence-corrected chi connectivity index (χ4v) is 5.32. The van der Waals surface area contributed by atoms with Crippen LogP contribution in [-0.4, -0.2) is 78.2 Å². The first-order valence-corrected chi connectivity index (χ1v) is 11.5. The number of hydrogen-bond donors (Lipinski definition) is 1. The number of fused-ring (bicyclic) bond motifs is 1. The van der Waals surface area contributed by atoms with Crippen LogP contribution in [0.25, 0.3) is 10.9 Å². The van der Waals surface area contributed by atoms with Crippen LogP contribution < -0.4 is 0 Å². The lowest BCUT2D eigenvalue weighted by Gasteiger charge is -2.46. The first-order chi connectivity index (χ1) is 15.1. The topological polar surface area (TPSA) is 74.9 Å². The van der Waals surface area contributed by atoms with E-state index in [1.807, 2.05) is 40.3 Å². The molecule has 1 aromatic carbocycles. The Morgan fingerprint density at radius 1 is 1.03 bits per heavy atom. The highest BCUT2D eigenvalue weighted by Gasteiger charge is 2.42. The quantitative estimate of drug-likeness (QED) is 0.821. The van der Waals surface area contributed by atoms with Gasteiger partial charge in [-0.25, -0.2) is 0 Å². The van der Waals surface area contributed by atoms with Crippen LogP contribution in [0.3, 0.4) is 0 Å². The average molecular weight is 426 g/mol. The van der Waals surface area contributed by atoms with Crippen LogP contribution in [0, 0.1) is 5.92 Å². The van der Waals surface area contributed by atoms with E-state index in [9.17, 15) is 9.59 Å². The van der Waals surface area contributed by atoms with E-state index in [2.05, 4.69) is 4.98 Å². The van der Waals surface area contributed by atoms with Gasteiger partial charge in [0.25, 0.3) is 5.91 Å². The molecule has 166 valence electrons. The monoisotopic (exact) mass is 425 g/mol. The molecule has 1 N–H and O–H groups in total. The molecular weight excluding hydrogens is 394 g/mol. The highest BCUT2D eigenvalue weighted by atomic mass is 16.5. The molecule has 7 nitrogen and oxygen atoms in total. The number of aromatic nitrogens is 1. The molecule has 1 spiro atoms. The molecule has 1 atom stereocenters. The summed E-state index contributed by atoms with van der Waals surface area (Å²) in [6.45, 7) is 4.81. The summed E-state index contributed by atoms with van der Waals surface area (Å²) in [6, 6.07) is 7.85. The van der Waals surface area contributed by atoms with E-state index in [-0.39, 0.29) is 17.4 Å². The first kappa shape index (κ1) is 20.5. The van der Waals surface area contributed by atoms with Crippen molar-refractivity contribution in [2.24, 2.45) is 5.92 Å². The Morgan fingerprint density at radius 3 is 2.65 bits per heavy atom. The molecule has 5 rings (SSSR count). The summed E-state index contributed by atoms with van der Waals surface area (Å²) in [7, 11) is 0. The third kappa shape index (κ3) is 4.34. The molecule has 4 heterocycles. The second kappa shape index (κ2) is 8.63. The summed E-state index contributed by atoms with van der Waals surface area (Å²) < 4.78 is 11.6. The standard InChI is InChI=1S/C24H31N3O4/c28-22(26-10-13-30-14-11-26)15-18-4-12-31-24(17-18)5-8-27(9-6-24)23(29)20-2-1-19-3-7-25-21(19)16-20/h1-3,7,16,18,25H,4-6,8-15,17H2. The fourth-order valence-electron chi connectivity index (χ4n) is 5.32. The summed E-state index contributed by atoms with van der Waals surface area (Å²) >= 11 is 0. The summed E-state index contributed by atoms with van der Waals surface area (Å²) in [6.07, 6.45) is 6.03. The number of rotatable bonds is 3. The lowest BCUT2D eigenvalue weighted by Crippen LogP contribution is -2.51. The van der Waals surface area contributed by atoms with Crippen LogP contribution in [-0.2, 0) is 14.3 Å². The number of likely N-dealkylation sites (tertiary alicyclic amines) is 1. The number of nitrogens with one attached hydrogen (secondary N) is 1. The minimum atomic E-state index is -0.186. The van der Waals surface area contributed by atoms with Gasteiger partial charge in [0.2, 0.25) is 5.91 Å². The van der Waals surface area contributed by atoms with E-state index >= 15 is 0 Å². The van der Waals surface area contributed by atoms with Crippen molar-refractivity contribution in [2.45, 2.75) is 37.7 Å². The van der Waals surface area contributed by atoms with Gasteiger partial charge in [-0.1, -0.05) is 6.07 Å². The molecule has 0 radical (unpaired) electrons. The number of hydrogen-bond acceptors (Lipinski definition) is 4. The molecule has 3 aliphatic rings. The number of morpholine rings is 1. The Labute approximate surface area is 182 Å². The molecule has 1 aromatic heterocycles. The summed E-state index contributed by atoms with van der Waals surface area (Å²) in [4.78, 5) is 32.8. The molecular formula is C24H31N3O4. The van der Waals surface area contributed by atoms with Crippen molar-refractivity contribution in [1.82, 2.24) is 14.8 Å². The molecule has 0 saturated carbocycles. The average Bonchev–Trinajstić information content (AvgIpc) is 3.28. The van der Waals surface area contributed by atoms with Gasteiger partial charge in [0.05, 0.1) is 18.8 Å². The first-order valence-electron chi connectivity index (χ1n) is 11.5. The second-order valence-electron chi connectivity index (χ2n) is 9.16. The van der Waals surface area contributed by atoms with Crippen LogP contribution in [0.4, 0.5) is 0 Å². The normalized spacial score (nSPS) is 23.9. The van der Waals surface area contributed by atoms with Crippen molar-refractivity contribution in [3.05, 3.63) is 36.0 Å². The van der Waals surface area contributed by atoms with E-state index in [4.69, 9.17) is 9.47 Å². The van der Waals surface area contributed by atoms with Crippen molar-refractivity contribution in [3.8, 4) is 0 Å². The second-order valence-corrected chi connectivity index (χ2v) is 9.16. The third-order valence-corrected chi connectivity index (χ3v) is 7.19. The number of H-pyrrole nitrogens is 1. The molecule has 1 unspecified atom stereocenters. The number of piperidine rings is 1. The SMILES string of the molecule is O=C(CC1CCOC2(CCN(C(=O)c3ccc4cc[nH]c4c3)CC2)C1)N1CCOCC1. The number of nitrogens with zero attached hydrogens (tertiary/aromatic N) is 2. The van der Waals surface area contributed by atoms with Gasteiger partial charge >= 0.3 is 0 Å². The van der Waals surface area contributed by atoms with Crippen molar-refractivity contribution >= 4 is 22.7 Å². The van der Waals surface area contributed by atoms with Crippen molar-refractivity contribution in [1.29, 1.82) is 0 Å². The maximum Gasteiger partial charge on any atom is 0.253 e. The van der Waals surface area contributed by atoms with Gasteiger partial charge in [0, 0.05) is 56.5 Å². The number of aromatic amines is 1. The smallest absolute Gasteiger partial charge is 0.253 e. The Hall–Kier alpha value is -2.38. The largest absolute Gasteiger partial charge is 0.378 e. The number of carbonyl (C=O) groups is 2. The Balaban J connectivity index is 1.17. The fraction of sp³-hybridized carbons (Fsp3) is 0.583. The zero-order valence-corrected chi connectivity index (χ0v) is 18.0. The van der Waals surface area contributed by atoms with E-state index in [1.165, 1.54) is 0 Å². The van der Waals surface area contributed by atoms with Gasteiger partial charge in [-0.15, -0.1) is 0 Å². The maximum atomic E-state index is 13.0. The van der Waals surface area contributed by atoms with Crippen LogP contribution in [0.1, 0.15) is 42.5 Å². The molecule has 3 aliphatic heterocycles. The molecule has 2 aromatic rings. The Morgan fingerprint density at radius 2 is 1.84 bits per heavy atom. The lowest BCUT2D eigenvalue weighted by molar-refractivity contribution is -0.143. The number of benzene rings is 1. The Bertz CT molecular complexity index is 941. The molecule has 0 aliphatic carbocycles. The minimum Gasteiger partial charge on any atom is -0.378 e. The highest BCUT2D eigenvalue weighted by molar-refractivity contribution is 5.98. The van der Waals surface area contributed by atoms with Gasteiger partial charge in [0.1, 0.15) is 0 Å². The van der Waals surface area contributed by atoms with Crippen LogP contribution >= 0.6 is 0 Å².